The van der Waals surface area contributed by atoms with E-state index in [1.165, 1.54) is 25.3 Å². The number of nitrogens with one attached hydrogen (secondary N) is 1. The average molecular weight is 489 g/mol. The summed E-state index contributed by atoms with van der Waals surface area (Å²) in [6.45, 7) is 0.575. The molecular weight excluding hydrogens is 478 g/mol. The van der Waals surface area contributed by atoms with Crippen molar-refractivity contribution in [1.29, 1.82) is 0 Å². The Morgan fingerprint density at radius 2 is 1.87 bits per heavy atom. The quantitative estimate of drug-likeness (QED) is 0.256. The molecule has 167 valence electrons. The first kappa shape index (κ1) is 25.1. The Balaban J connectivity index is 2.04. The minimum absolute atomic E-state index is 0.173. The molecule has 0 amide bonds. The molecule has 1 aromatic rings. The van der Waals surface area contributed by atoms with E-state index < -0.39 is 58.3 Å². The van der Waals surface area contributed by atoms with Gasteiger partial charge in [-0.05, 0) is 13.0 Å². The van der Waals surface area contributed by atoms with Crippen molar-refractivity contribution in [2.24, 2.45) is 0 Å². The van der Waals surface area contributed by atoms with E-state index in [0.717, 1.165) is 4.57 Å². The lowest BCUT2D eigenvalue weighted by Crippen LogP contribution is -2.35. The van der Waals surface area contributed by atoms with Gasteiger partial charge >= 0.3 is 11.1 Å². The predicted molar refractivity (Wildman–Crippen MR) is 89.7 cm³/mol. The molecule has 0 aromatic carbocycles. The van der Waals surface area contributed by atoms with Crippen molar-refractivity contribution in [3.63, 3.8) is 0 Å². The Morgan fingerprint density at radius 1 is 1.27 bits per heavy atom. The molecule has 0 saturated carbocycles. The number of aryl methyl sites for hydroxylation is 1. The Hall–Kier alpha value is -1.21. The highest BCUT2D eigenvalue weighted by atomic mass is 31.3. The largest absolute Gasteiger partial charge is 0.806 e. The molecule has 1 aliphatic heterocycles. The fraction of sp³-hybridized carbons (Fsp3) is 0.455. The molecule has 0 saturated heterocycles. The number of alkyl halides is 2. The Bertz CT molecular complexity index is 1110. The first-order valence-corrected chi connectivity index (χ1v) is 12.3. The van der Waals surface area contributed by atoms with Gasteiger partial charge in [-0.1, -0.05) is 6.08 Å². The second-order valence-electron chi connectivity index (χ2n) is 5.85. The van der Waals surface area contributed by atoms with Crippen LogP contribution in [0.25, 0.3) is 0 Å². The van der Waals surface area contributed by atoms with E-state index in [1.807, 2.05) is 4.98 Å². The van der Waals surface area contributed by atoms with Gasteiger partial charge in [0, 0.05) is 19.4 Å². The smallest absolute Gasteiger partial charge is 0.332 e. The normalized spacial score (nSPS) is 23.8. The van der Waals surface area contributed by atoms with Crippen LogP contribution in [0, 0.1) is 6.92 Å². The van der Waals surface area contributed by atoms with Gasteiger partial charge in [0.15, 0.2) is 6.23 Å². The third-order valence-electron chi connectivity index (χ3n) is 3.52. The van der Waals surface area contributed by atoms with E-state index in [0.29, 0.717) is 0 Å². The van der Waals surface area contributed by atoms with Gasteiger partial charge in [-0.15, -0.1) is 0 Å². The second-order valence-corrected chi connectivity index (χ2v) is 11.3. The third-order valence-corrected chi connectivity index (χ3v) is 8.59. The number of halogens is 2. The second kappa shape index (κ2) is 8.38. The molecule has 3 radical (unpaired) electrons. The Morgan fingerprint density at radius 3 is 2.43 bits per heavy atom. The van der Waals surface area contributed by atoms with Gasteiger partial charge in [0.05, 0.1) is 14.1 Å². The van der Waals surface area contributed by atoms with E-state index in [9.17, 15) is 46.7 Å². The molecule has 0 bridgehead atoms. The lowest BCUT2D eigenvalue weighted by atomic mass is 10.3. The molecule has 13 nitrogen and oxygen atoms in total. The number of nitrogens with zero attached hydrogens (tertiary/aromatic N) is 1. The van der Waals surface area contributed by atoms with Crippen LogP contribution in [-0.4, -0.2) is 35.2 Å². The van der Waals surface area contributed by atoms with Gasteiger partial charge in [-0.3, -0.25) is 18.7 Å². The molecule has 0 fully saturated rings. The van der Waals surface area contributed by atoms with Crippen molar-refractivity contribution in [3.05, 3.63) is 44.8 Å². The zero-order chi connectivity index (χ0) is 23.1. The highest BCUT2D eigenvalue weighted by Gasteiger charge is 2.47. The first-order valence-electron chi connectivity index (χ1n) is 7.58. The number of rotatable bonds is 8. The predicted octanol–water partition coefficient (Wildman–Crippen LogP) is -1.37. The van der Waals surface area contributed by atoms with Crippen LogP contribution in [-0.2, 0) is 27.3 Å². The molecule has 19 heteroatoms. The van der Waals surface area contributed by atoms with Crippen molar-refractivity contribution >= 4 is 30.2 Å². The molecule has 1 aromatic heterocycles. The van der Waals surface area contributed by atoms with Gasteiger partial charge < -0.3 is 45.2 Å². The number of hydrogen-bond donors (Lipinski definition) is 1. The van der Waals surface area contributed by atoms with Crippen molar-refractivity contribution in [1.82, 2.24) is 9.55 Å². The molecule has 1 N–H and O–H groups in total. The van der Waals surface area contributed by atoms with Crippen LogP contribution in [0.2, 0.25) is 0 Å². The van der Waals surface area contributed by atoms with Crippen LogP contribution >= 0.6 is 22.7 Å². The van der Waals surface area contributed by atoms with Crippen molar-refractivity contribution in [2.75, 3.05) is 6.61 Å². The topological polar surface area (TPSA) is 203 Å². The molecule has 0 aliphatic carbocycles. The van der Waals surface area contributed by atoms with Crippen molar-refractivity contribution in [2.45, 2.75) is 24.7 Å². The summed E-state index contributed by atoms with van der Waals surface area (Å²) in [6.07, 6.45) is 1.52. The summed E-state index contributed by atoms with van der Waals surface area (Å²) in [4.78, 5) is 57.3. The summed E-state index contributed by atoms with van der Waals surface area (Å²) in [5.41, 5.74) is -1.28. The summed E-state index contributed by atoms with van der Waals surface area (Å²) in [6, 6.07) is 0. The van der Waals surface area contributed by atoms with Crippen LogP contribution in [0.15, 0.2) is 27.9 Å². The first-order chi connectivity index (χ1) is 13.5. The van der Waals surface area contributed by atoms with Crippen molar-refractivity contribution in [3.8, 4) is 0 Å². The summed E-state index contributed by atoms with van der Waals surface area (Å²) in [5, 5.41) is -5.92. The van der Waals surface area contributed by atoms with Gasteiger partial charge in [0.2, 0.25) is 7.60 Å². The lowest BCUT2D eigenvalue weighted by Gasteiger charge is -2.46. The lowest BCUT2D eigenvalue weighted by molar-refractivity contribution is -0.331. The monoisotopic (exact) mass is 489 g/mol. The summed E-state index contributed by atoms with van der Waals surface area (Å²) >= 11 is 0. The van der Waals surface area contributed by atoms with Gasteiger partial charge in [-0.2, -0.15) is 8.78 Å². The summed E-state index contributed by atoms with van der Waals surface area (Å²) < 4.78 is 74.0. The van der Waals surface area contributed by atoms with E-state index in [-0.39, 0.29) is 5.56 Å². The number of ether oxygens (including phenoxy) is 1. The Labute approximate surface area is 167 Å². The number of hydrogen-bond acceptors (Lipinski definition) is 11. The van der Waals surface area contributed by atoms with Gasteiger partial charge in [-0.25, -0.2) is 4.79 Å². The van der Waals surface area contributed by atoms with Crippen LogP contribution in [0.1, 0.15) is 11.8 Å². The highest BCUT2D eigenvalue weighted by molar-refractivity contribution is 7.85. The van der Waals surface area contributed by atoms with Gasteiger partial charge in [0.1, 0.15) is 6.10 Å². The van der Waals surface area contributed by atoms with Crippen LogP contribution < -0.4 is 25.9 Å². The number of aromatic nitrogens is 2. The highest BCUT2D eigenvalue weighted by Crippen LogP contribution is 2.72. The maximum absolute atomic E-state index is 13.2. The molecule has 0 spiro atoms. The number of aromatic amines is 1. The maximum Gasteiger partial charge on any atom is 0.332 e. The van der Waals surface area contributed by atoms with E-state index in [2.05, 4.69) is 8.83 Å². The SMILES string of the molecule is [B-]P(=O)(OCC1C=CC(n2cc(C)c(=O)[nH]c2=O)O1)OP(=O)([O-])C(F)(F)P(=O)([O-])[O-]. The minimum Gasteiger partial charge on any atom is -0.806 e. The van der Waals surface area contributed by atoms with E-state index in [4.69, 9.17) is 12.3 Å². The third kappa shape index (κ3) is 5.34. The van der Waals surface area contributed by atoms with Crippen molar-refractivity contribution < 1.29 is 50.7 Å². The summed E-state index contributed by atoms with van der Waals surface area (Å²) in [5.74, 6) is 0. The zero-order valence-corrected chi connectivity index (χ0v) is 17.4. The standard InChI is InChI=1S/C11H14BF2N2O11P3/c1-6-4-16(10(18)15-9(6)17)8-3-2-7(26-8)5-25-30(12,24)27-29(22,23)11(13,14)28(19,20)21/h2-4,7-8H,5H2,1H3,(H,22,23)(H,15,17,18)(H2,19,20,21)/q-1/p-3. The van der Waals surface area contributed by atoms with E-state index >= 15 is 0 Å². The van der Waals surface area contributed by atoms with Crippen LogP contribution in [0.3, 0.4) is 0 Å². The molecule has 2 rings (SSSR count). The minimum atomic E-state index is -7.03. The van der Waals surface area contributed by atoms with Crippen LogP contribution in [0.4, 0.5) is 8.78 Å². The molecular formula is C11H11BF2N2O11P3-4. The Kier molecular flexibility index (Phi) is 7.00. The maximum atomic E-state index is 13.2. The summed E-state index contributed by atoms with van der Waals surface area (Å²) in [7, 11) is -14.4. The fourth-order valence-electron chi connectivity index (χ4n) is 2.07. The molecule has 2 heterocycles. The molecule has 1 aliphatic rings. The van der Waals surface area contributed by atoms with Crippen LogP contribution in [0.5, 0.6) is 0 Å². The molecule has 4 unspecified atom stereocenters. The average Bonchev–Trinajstić information content (AvgIpc) is 3.03. The molecule has 30 heavy (non-hydrogen) atoms. The van der Waals surface area contributed by atoms with Gasteiger partial charge in [0.25, 0.3) is 5.56 Å². The molecule has 4 atom stereocenters. The number of H-pyrrole nitrogens is 1. The fourth-order valence-corrected chi connectivity index (χ4v) is 5.73. The zero-order valence-electron chi connectivity index (χ0n) is 14.7. The van der Waals surface area contributed by atoms with E-state index in [1.54, 1.807) is 0 Å².